The monoisotopic (exact) mass is 343 g/mol. The van der Waals surface area contributed by atoms with E-state index in [-0.39, 0.29) is 24.8 Å². The normalized spacial score (nSPS) is 21.6. The highest BCUT2D eigenvalue weighted by Gasteiger charge is 2.53. The fraction of sp³-hybridized carbons (Fsp3) is 0.500. The maximum Gasteiger partial charge on any atom is 0.307 e. The maximum atomic E-state index is 12.6. The number of hydrogen-bond donors (Lipinski definition) is 2. The summed E-state index contributed by atoms with van der Waals surface area (Å²) in [7, 11) is 1.61. The van der Waals surface area contributed by atoms with E-state index in [1.807, 2.05) is 18.2 Å². The number of imidazole rings is 1. The lowest BCUT2D eigenvalue weighted by Crippen LogP contribution is -2.42. The van der Waals surface area contributed by atoms with Gasteiger partial charge in [-0.2, -0.15) is 0 Å². The molecule has 1 atom stereocenters. The lowest BCUT2D eigenvalue weighted by Gasteiger charge is -2.27. The van der Waals surface area contributed by atoms with Crippen LogP contribution in [0.5, 0.6) is 5.75 Å². The highest BCUT2D eigenvalue weighted by Crippen LogP contribution is 2.45. The van der Waals surface area contributed by atoms with Gasteiger partial charge >= 0.3 is 5.97 Å². The third-order valence-electron chi connectivity index (χ3n) is 5.26. The molecule has 132 valence electrons. The zero-order valence-corrected chi connectivity index (χ0v) is 14.1. The van der Waals surface area contributed by atoms with Crippen molar-refractivity contribution in [2.24, 2.45) is 5.92 Å². The van der Waals surface area contributed by atoms with E-state index >= 15 is 0 Å². The number of hydrogen-bond acceptors (Lipinski definition) is 5. The van der Waals surface area contributed by atoms with Crippen LogP contribution in [0.3, 0.4) is 0 Å². The Balaban J connectivity index is 1.45. The number of benzene rings is 1. The average molecular weight is 343 g/mol. The third kappa shape index (κ3) is 2.83. The molecule has 2 N–H and O–H groups in total. The van der Waals surface area contributed by atoms with Gasteiger partial charge in [0.2, 0.25) is 5.91 Å². The topological polar surface area (TPSA) is 93.3 Å². The fourth-order valence-electron chi connectivity index (χ4n) is 3.99. The molecule has 1 aromatic carbocycles. The van der Waals surface area contributed by atoms with Gasteiger partial charge in [-0.3, -0.25) is 9.59 Å². The van der Waals surface area contributed by atoms with Crippen LogP contribution in [0.15, 0.2) is 18.2 Å². The molecule has 1 aromatic heterocycles. The van der Waals surface area contributed by atoms with Gasteiger partial charge < -0.3 is 19.8 Å². The van der Waals surface area contributed by atoms with Crippen molar-refractivity contribution in [2.45, 2.75) is 44.2 Å². The standard InChI is InChI=1S/C18H21N3O4/c1-24-11-4-5-13-14(8-11)21-15(20-13)10-19-17(23)12-9-16(22)25-18(12)6-2-3-7-18/h4-5,8,12H,2-3,6-7,9-10H2,1H3,(H,19,23)(H,20,21)/t12-/m1/s1. The summed E-state index contributed by atoms with van der Waals surface area (Å²) in [5, 5.41) is 2.91. The van der Waals surface area contributed by atoms with Gasteiger partial charge in [-0.1, -0.05) is 0 Å². The number of carbonyl (C=O) groups is 2. The first kappa shape index (κ1) is 15.9. The van der Waals surface area contributed by atoms with Crippen LogP contribution in [0, 0.1) is 5.92 Å². The van der Waals surface area contributed by atoms with Gasteiger partial charge in [0, 0.05) is 6.07 Å². The van der Waals surface area contributed by atoms with Crippen molar-refractivity contribution in [2.75, 3.05) is 7.11 Å². The van der Waals surface area contributed by atoms with Crippen LogP contribution < -0.4 is 10.1 Å². The fourth-order valence-corrected chi connectivity index (χ4v) is 3.99. The van der Waals surface area contributed by atoms with Crippen LogP contribution in [0.2, 0.25) is 0 Å². The molecule has 1 amide bonds. The number of esters is 1. The number of aromatic amines is 1. The lowest BCUT2D eigenvalue weighted by molar-refractivity contribution is -0.150. The number of nitrogens with zero attached hydrogens (tertiary/aromatic N) is 1. The first-order chi connectivity index (χ1) is 12.1. The second kappa shape index (κ2) is 6.06. The van der Waals surface area contributed by atoms with E-state index in [9.17, 15) is 9.59 Å². The molecular weight excluding hydrogens is 322 g/mol. The van der Waals surface area contributed by atoms with Crippen LogP contribution >= 0.6 is 0 Å². The number of carbonyl (C=O) groups excluding carboxylic acids is 2. The second-order valence-corrected chi connectivity index (χ2v) is 6.79. The highest BCUT2D eigenvalue weighted by molar-refractivity contribution is 5.88. The minimum absolute atomic E-state index is 0.134. The molecule has 0 unspecified atom stereocenters. The minimum Gasteiger partial charge on any atom is -0.497 e. The van der Waals surface area contributed by atoms with E-state index in [1.54, 1.807) is 7.11 Å². The Morgan fingerprint density at radius 2 is 2.24 bits per heavy atom. The van der Waals surface area contributed by atoms with Crippen LogP contribution in [-0.4, -0.2) is 34.6 Å². The van der Waals surface area contributed by atoms with Gasteiger partial charge in [-0.05, 0) is 37.8 Å². The number of H-pyrrole nitrogens is 1. The molecule has 2 aliphatic rings. The minimum atomic E-state index is -0.581. The van der Waals surface area contributed by atoms with Gasteiger partial charge in [0.25, 0.3) is 0 Å². The lowest BCUT2D eigenvalue weighted by atomic mass is 9.85. The Hall–Kier alpha value is -2.57. The molecule has 1 aliphatic heterocycles. The molecule has 2 aromatic rings. The largest absolute Gasteiger partial charge is 0.497 e. The predicted octanol–water partition coefficient (Wildman–Crippen LogP) is 2.06. The Labute approximate surface area is 145 Å². The van der Waals surface area contributed by atoms with Gasteiger partial charge in [0.15, 0.2) is 0 Å². The summed E-state index contributed by atoms with van der Waals surface area (Å²) in [6, 6.07) is 5.58. The molecule has 1 saturated carbocycles. The Bertz CT molecular complexity index is 823. The zero-order valence-electron chi connectivity index (χ0n) is 14.1. The predicted molar refractivity (Wildman–Crippen MR) is 89.9 cm³/mol. The molecule has 1 aliphatic carbocycles. The molecule has 1 spiro atoms. The smallest absolute Gasteiger partial charge is 0.307 e. The second-order valence-electron chi connectivity index (χ2n) is 6.79. The quantitative estimate of drug-likeness (QED) is 0.829. The number of amides is 1. The molecule has 7 heteroatoms. The van der Waals surface area contributed by atoms with Gasteiger partial charge in [-0.15, -0.1) is 0 Å². The Morgan fingerprint density at radius 1 is 1.44 bits per heavy atom. The van der Waals surface area contributed by atoms with Crippen molar-refractivity contribution in [3.8, 4) is 5.75 Å². The van der Waals surface area contributed by atoms with Crippen LogP contribution in [0.4, 0.5) is 0 Å². The molecular formula is C18H21N3O4. The highest BCUT2D eigenvalue weighted by atomic mass is 16.6. The molecule has 4 rings (SSSR count). The third-order valence-corrected chi connectivity index (χ3v) is 5.26. The van der Waals surface area contributed by atoms with E-state index in [4.69, 9.17) is 9.47 Å². The van der Waals surface area contributed by atoms with Crippen LogP contribution in [0.1, 0.15) is 37.9 Å². The molecule has 0 radical (unpaired) electrons. The van der Waals surface area contributed by atoms with Crippen molar-refractivity contribution in [3.05, 3.63) is 24.0 Å². The number of ether oxygens (including phenoxy) is 2. The number of fused-ring (bicyclic) bond motifs is 1. The van der Waals surface area contributed by atoms with Crippen molar-refractivity contribution >= 4 is 22.9 Å². The van der Waals surface area contributed by atoms with Crippen molar-refractivity contribution < 1.29 is 19.1 Å². The van der Waals surface area contributed by atoms with Crippen LogP contribution in [0.25, 0.3) is 11.0 Å². The van der Waals surface area contributed by atoms with Crippen molar-refractivity contribution in [3.63, 3.8) is 0 Å². The number of aromatic nitrogens is 2. The first-order valence-electron chi connectivity index (χ1n) is 8.62. The summed E-state index contributed by atoms with van der Waals surface area (Å²) in [5.74, 6) is 0.620. The molecule has 7 nitrogen and oxygen atoms in total. The summed E-state index contributed by atoms with van der Waals surface area (Å²) >= 11 is 0. The zero-order chi connectivity index (χ0) is 17.4. The SMILES string of the molecule is COc1ccc2nc(CNC(=O)[C@H]3CC(=O)OC34CCCC4)[nH]c2c1. The van der Waals surface area contributed by atoms with E-state index in [0.717, 1.165) is 42.5 Å². The number of nitrogens with one attached hydrogen (secondary N) is 2. The molecule has 2 fully saturated rings. The maximum absolute atomic E-state index is 12.6. The van der Waals surface area contributed by atoms with E-state index < -0.39 is 11.5 Å². The van der Waals surface area contributed by atoms with Crippen LogP contribution in [-0.2, 0) is 20.9 Å². The Morgan fingerprint density at radius 3 is 3.00 bits per heavy atom. The molecule has 1 saturated heterocycles. The van der Waals surface area contributed by atoms with Gasteiger partial charge in [0.05, 0.1) is 37.0 Å². The summed E-state index contributed by atoms with van der Waals surface area (Å²) in [4.78, 5) is 32.0. The first-order valence-corrected chi connectivity index (χ1v) is 8.62. The molecule has 25 heavy (non-hydrogen) atoms. The van der Waals surface area contributed by atoms with Gasteiger partial charge in [0.1, 0.15) is 17.2 Å². The summed E-state index contributed by atoms with van der Waals surface area (Å²) < 4.78 is 10.7. The summed E-state index contributed by atoms with van der Waals surface area (Å²) in [6.07, 6.45) is 3.73. The van der Waals surface area contributed by atoms with E-state index in [1.165, 1.54) is 0 Å². The van der Waals surface area contributed by atoms with E-state index in [0.29, 0.717) is 5.82 Å². The summed E-state index contributed by atoms with van der Waals surface area (Å²) in [6.45, 7) is 0.288. The van der Waals surface area contributed by atoms with Crippen molar-refractivity contribution in [1.29, 1.82) is 0 Å². The Kier molecular flexibility index (Phi) is 3.86. The average Bonchev–Trinajstić information content (AvgIpc) is 3.31. The number of methoxy groups -OCH3 is 1. The van der Waals surface area contributed by atoms with E-state index in [2.05, 4.69) is 15.3 Å². The van der Waals surface area contributed by atoms with Gasteiger partial charge in [-0.25, -0.2) is 4.98 Å². The summed E-state index contributed by atoms with van der Waals surface area (Å²) in [5.41, 5.74) is 1.09. The number of rotatable bonds is 4. The van der Waals surface area contributed by atoms with Crippen molar-refractivity contribution in [1.82, 2.24) is 15.3 Å². The molecule has 0 bridgehead atoms. The molecule has 2 heterocycles.